The molecule has 0 saturated heterocycles. The molecule has 0 spiro atoms. The van der Waals surface area contributed by atoms with Gasteiger partial charge in [-0.1, -0.05) is 24.6 Å². The molecule has 0 amide bonds. The van der Waals surface area contributed by atoms with Crippen molar-refractivity contribution >= 4 is 27.5 Å². The van der Waals surface area contributed by atoms with E-state index in [1.165, 1.54) is 31.2 Å². The van der Waals surface area contributed by atoms with Crippen molar-refractivity contribution < 1.29 is 0 Å². The molecule has 2 N–H and O–H groups in total. The Balaban J connectivity index is 2.12. The number of halogens is 2. The van der Waals surface area contributed by atoms with Gasteiger partial charge in [-0.25, -0.2) is 0 Å². The summed E-state index contributed by atoms with van der Waals surface area (Å²) in [7, 11) is 2.21. The number of nitrogens with two attached hydrogens (primary N) is 1. The molecule has 0 radical (unpaired) electrons. The lowest BCUT2D eigenvalue weighted by atomic mass is 9.86. The molecule has 1 fully saturated rings. The summed E-state index contributed by atoms with van der Waals surface area (Å²) >= 11 is 9.59. The van der Waals surface area contributed by atoms with Gasteiger partial charge in [0.15, 0.2) is 0 Å². The van der Waals surface area contributed by atoms with Crippen LogP contribution in [-0.2, 0) is 0 Å². The van der Waals surface area contributed by atoms with E-state index in [4.69, 9.17) is 17.3 Å². The first-order chi connectivity index (χ1) is 9.52. The summed E-state index contributed by atoms with van der Waals surface area (Å²) < 4.78 is 0.945. The molecule has 20 heavy (non-hydrogen) atoms. The SMILES string of the molecule is CC1CCC(N(C)C(CN)c2ccc(Cl)c(Br)c2)CC1. The summed E-state index contributed by atoms with van der Waals surface area (Å²) in [6.45, 7) is 2.99. The van der Waals surface area contributed by atoms with Gasteiger partial charge in [0.05, 0.1) is 5.02 Å². The number of hydrogen-bond donors (Lipinski definition) is 1. The second-order valence-electron chi connectivity index (χ2n) is 6.00. The fourth-order valence-corrected chi connectivity index (χ4v) is 3.68. The van der Waals surface area contributed by atoms with Crippen molar-refractivity contribution in [1.29, 1.82) is 0 Å². The Morgan fingerprint density at radius 3 is 2.55 bits per heavy atom. The van der Waals surface area contributed by atoms with Gasteiger partial charge in [-0.2, -0.15) is 0 Å². The second kappa shape index (κ2) is 7.26. The zero-order valence-corrected chi connectivity index (χ0v) is 14.6. The Hall–Kier alpha value is -0.0900. The van der Waals surface area contributed by atoms with Gasteiger partial charge in [-0.3, -0.25) is 4.90 Å². The Morgan fingerprint density at radius 2 is 2.00 bits per heavy atom. The maximum atomic E-state index is 6.08. The van der Waals surface area contributed by atoms with Gasteiger partial charge in [0.2, 0.25) is 0 Å². The summed E-state index contributed by atoms with van der Waals surface area (Å²) in [5.41, 5.74) is 7.28. The fourth-order valence-electron chi connectivity index (χ4n) is 3.16. The van der Waals surface area contributed by atoms with Crippen LogP contribution in [0.2, 0.25) is 5.02 Å². The molecule has 4 heteroatoms. The molecule has 1 aliphatic carbocycles. The van der Waals surface area contributed by atoms with E-state index < -0.39 is 0 Å². The molecule has 1 aromatic carbocycles. The molecule has 2 nitrogen and oxygen atoms in total. The van der Waals surface area contributed by atoms with Gasteiger partial charge >= 0.3 is 0 Å². The molecule has 1 saturated carbocycles. The summed E-state index contributed by atoms with van der Waals surface area (Å²) in [5, 5.41) is 0.749. The normalized spacial score (nSPS) is 24.9. The maximum Gasteiger partial charge on any atom is 0.0548 e. The predicted octanol–water partition coefficient (Wildman–Crippen LogP) is 4.61. The molecule has 0 aromatic heterocycles. The highest BCUT2D eigenvalue weighted by Crippen LogP contribution is 2.33. The van der Waals surface area contributed by atoms with Crippen LogP contribution in [0.1, 0.15) is 44.2 Å². The van der Waals surface area contributed by atoms with Crippen LogP contribution in [-0.4, -0.2) is 24.5 Å². The Labute approximate surface area is 135 Å². The number of benzene rings is 1. The summed E-state index contributed by atoms with van der Waals surface area (Å²) in [4.78, 5) is 2.46. The predicted molar refractivity (Wildman–Crippen MR) is 90.1 cm³/mol. The van der Waals surface area contributed by atoms with Gasteiger partial charge < -0.3 is 5.73 Å². The monoisotopic (exact) mass is 358 g/mol. The Bertz CT molecular complexity index is 444. The van der Waals surface area contributed by atoms with Crippen LogP contribution >= 0.6 is 27.5 Å². The van der Waals surface area contributed by atoms with E-state index in [-0.39, 0.29) is 6.04 Å². The van der Waals surface area contributed by atoms with E-state index in [0.29, 0.717) is 12.6 Å². The van der Waals surface area contributed by atoms with Crippen molar-refractivity contribution in [2.75, 3.05) is 13.6 Å². The van der Waals surface area contributed by atoms with Crippen LogP contribution in [0.15, 0.2) is 22.7 Å². The van der Waals surface area contributed by atoms with Crippen LogP contribution in [0, 0.1) is 5.92 Å². The highest BCUT2D eigenvalue weighted by atomic mass is 79.9. The van der Waals surface area contributed by atoms with Crippen molar-refractivity contribution in [2.24, 2.45) is 11.7 Å². The highest BCUT2D eigenvalue weighted by Gasteiger charge is 2.27. The number of rotatable bonds is 4. The number of likely N-dealkylation sites (N-methyl/N-ethyl adjacent to an activating group) is 1. The largest absolute Gasteiger partial charge is 0.329 e. The quantitative estimate of drug-likeness (QED) is 0.850. The molecular weight excluding hydrogens is 336 g/mol. The molecular formula is C16H24BrClN2. The van der Waals surface area contributed by atoms with Crippen LogP contribution in [0.4, 0.5) is 0 Å². The number of hydrogen-bond acceptors (Lipinski definition) is 2. The van der Waals surface area contributed by atoms with Crippen molar-refractivity contribution in [3.63, 3.8) is 0 Å². The minimum atomic E-state index is 0.266. The lowest BCUT2D eigenvalue weighted by molar-refractivity contribution is 0.126. The van der Waals surface area contributed by atoms with E-state index in [1.54, 1.807) is 0 Å². The van der Waals surface area contributed by atoms with Gasteiger partial charge in [-0.15, -0.1) is 0 Å². The zero-order chi connectivity index (χ0) is 14.7. The van der Waals surface area contributed by atoms with Crippen LogP contribution in [0.25, 0.3) is 0 Å². The zero-order valence-electron chi connectivity index (χ0n) is 12.3. The smallest absolute Gasteiger partial charge is 0.0548 e. The molecule has 0 heterocycles. The second-order valence-corrected chi connectivity index (χ2v) is 7.27. The van der Waals surface area contributed by atoms with E-state index in [1.807, 2.05) is 6.07 Å². The van der Waals surface area contributed by atoms with Crippen molar-refractivity contribution in [3.05, 3.63) is 33.3 Å². The average Bonchev–Trinajstić information content (AvgIpc) is 2.44. The van der Waals surface area contributed by atoms with Gasteiger partial charge in [0.1, 0.15) is 0 Å². The van der Waals surface area contributed by atoms with E-state index >= 15 is 0 Å². The molecule has 2 rings (SSSR count). The molecule has 1 aromatic rings. The summed E-state index contributed by atoms with van der Waals surface area (Å²) in [5.74, 6) is 0.876. The van der Waals surface area contributed by atoms with Crippen molar-refractivity contribution in [2.45, 2.75) is 44.7 Å². The first-order valence-corrected chi connectivity index (χ1v) is 8.57. The standard InChI is InChI=1S/C16H24BrClN2/c1-11-3-6-13(7-4-11)20(2)16(10-19)12-5-8-15(18)14(17)9-12/h5,8-9,11,13,16H,3-4,6-7,10,19H2,1-2H3. The molecule has 1 unspecified atom stereocenters. The van der Waals surface area contributed by atoms with E-state index in [9.17, 15) is 0 Å². The lowest BCUT2D eigenvalue weighted by Gasteiger charge is -2.38. The first-order valence-electron chi connectivity index (χ1n) is 7.40. The van der Waals surface area contributed by atoms with E-state index in [0.717, 1.165) is 15.4 Å². The Morgan fingerprint density at radius 1 is 1.35 bits per heavy atom. The third-order valence-corrected chi connectivity index (χ3v) is 5.82. The minimum Gasteiger partial charge on any atom is -0.329 e. The van der Waals surface area contributed by atoms with Crippen LogP contribution < -0.4 is 5.73 Å². The summed E-state index contributed by atoms with van der Waals surface area (Å²) in [6, 6.07) is 7.05. The third kappa shape index (κ3) is 3.76. The molecule has 1 atom stereocenters. The van der Waals surface area contributed by atoms with Crippen molar-refractivity contribution in [1.82, 2.24) is 4.90 Å². The fraction of sp³-hybridized carbons (Fsp3) is 0.625. The van der Waals surface area contributed by atoms with Crippen LogP contribution in [0.3, 0.4) is 0 Å². The maximum absolute atomic E-state index is 6.08. The number of nitrogens with zero attached hydrogens (tertiary/aromatic N) is 1. The Kier molecular flexibility index (Phi) is 5.91. The van der Waals surface area contributed by atoms with E-state index in [2.05, 4.69) is 46.9 Å². The van der Waals surface area contributed by atoms with Gasteiger partial charge in [0, 0.05) is 23.1 Å². The topological polar surface area (TPSA) is 29.3 Å². The van der Waals surface area contributed by atoms with Gasteiger partial charge in [-0.05, 0) is 72.3 Å². The molecule has 0 bridgehead atoms. The summed E-state index contributed by atoms with van der Waals surface area (Å²) in [6.07, 6.45) is 5.22. The third-order valence-electron chi connectivity index (χ3n) is 4.60. The van der Waals surface area contributed by atoms with Gasteiger partial charge in [0.25, 0.3) is 0 Å². The molecule has 0 aliphatic heterocycles. The average molecular weight is 360 g/mol. The molecule has 112 valence electrons. The van der Waals surface area contributed by atoms with Crippen LogP contribution in [0.5, 0.6) is 0 Å². The molecule has 1 aliphatic rings. The lowest BCUT2D eigenvalue weighted by Crippen LogP contribution is -2.40. The van der Waals surface area contributed by atoms with Crippen molar-refractivity contribution in [3.8, 4) is 0 Å². The highest BCUT2D eigenvalue weighted by molar-refractivity contribution is 9.10. The minimum absolute atomic E-state index is 0.266. The first kappa shape index (κ1) is 16.3.